The Hall–Kier alpha value is -1.97. The molecule has 0 saturated carbocycles. The van der Waals surface area contributed by atoms with E-state index in [1.807, 2.05) is 0 Å². The first-order valence-electron chi connectivity index (χ1n) is 5.89. The van der Waals surface area contributed by atoms with Gasteiger partial charge in [0.25, 0.3) is 0 Å². The number of methoxy groups -OCH3 is 1. The lowest BCUT2D eigenvalue weighted by Crippen LogP contribution is -1.96. The van der Waals surface area contributed by atoms with Crippen molar-refractivity contribution in [1.29, 1.82) is 0 Å². The first-order chi connectivity index (χ1) is 9.08. The maximum absolute atomic E-state index is 13.9. The molecule has 0 saturated heterocycles. The average Bonchev–Trinajstić information content (AvgIpc) is 2.41. The zero-order chi connectivity index (χ0) is 14.0. The minimum absolute atomic E-state index is 0.0382. The van der Waals surface area contributed by atoms with Crippen molar-refractivity contribution in [3.8, 4) is 16.9 Å². The van der Waals surface area contributed by atoms with Gasteiger partial charge in [-0.15, -0.1) is 0 Å². The van der Waals surface area contributed by atoms with Gasteiger partial charge in [0.2, 0.25) is 0 Å². The summed E-state index contributed by atoms with van der Waals surface area (Å²) in [6, 6.07) is 6.97. The molecule has 2 aromatic rings. The second kappa shape index (κ2) is 5.34. The highest BCUT2D eigenvalue weighted by Crippen LogP contribution is 2.29. The van der Waals surface area contributed by atoms with E-state index in [4.69, 9.17) is 4.74 Å². The molecule has 0 fully saturated rings. The number of halogens is 3. The summed E-state index contributed by atoms with van der Waals surface area (Å²) in [4.78, 5) is 0. The highest BCUT2D eigenvalue weighted by Gasteiger charge is 2.15. The van der Waals surface area contributed by atoms with Crippen LogP contribution in [0.1, 0.15) is 12.5 Å². The summed E-state index contributed by atoms with van der Waals surface area (Å²) >= 11 is 0. The van der Waals surface area contributed by atoms with Crippen LogP contribution in [0.25, 0.3) is 11.1 Å². The number of aryl methyl sites for hydroxylation is 1. The van der Waals surface area contributed by atoms with Crippen molar-refractivity contribution in [3.63, 3.8) is 0 Å². The van der Waals surface area contributed by atoms with Gasteiger partial charge in [0.05, 0.1) is 7.11 Å². The average molecular weight is 266 g/mol. The predicted octanol–water partition coefficient (Wildman–Crippen LogP) is 4.34. The summed E-state index contributed by atoms with van der Waals surface area (Å²) in [6.07, 6.45) is 0.403. The minimum Gasteiger partial charge on any atom is -0.494 e. The predicted molar refractivity (Wildman–Crippen MR) is 67.7 cm³/mol. The van der Waals surface area contributed by atoms with Gasteiger partial charge in [0.1, 0.15) is 0 Å². The van der Waals surface area contributed by atoms with Gasteiger partial charge in [0, 0.05) is 5.56 Å². The lowest BCUT2D eigenvalue weighted by atomic mass is 10.0. The van der Waals surface area contributed by atoms with Crippen molar-refractivity contribution in [2.75, 3.05) is 7.11 Å². The third-order valence-corrected chi connectivity index (χ3v) is 3.01. The highest BCUT2D eigenvalue weighted by atomic mass is 19.2. The largest absolute Gasteiger partial charge is 0.494 e. The molecule has 2 rings (SSSR count). The van der Waals surface area contributed by atoms with Crippen molar-refractivity contribution in [3.05, 3.63) is 53.3 Å². The molecule has 0 aliphatic heterocycles. The summed E-state index contributed by atoms with van der Waals surface area (Å²) in [5.41, 5.74) is 0.615. The van der Waals surface area contributed by atoms with Gasteiger partial charge in [-0.25, -0.2) is 13.2 Å². The van der Waals surface area contributed by atoms with E-state index in [0.717, 1.165) is 6.07 Å². The van der Waals surface area contributed by atoms with Crippen LogP contribution >= 0.6 is 0 Å². The van der Waals surface area contributed by atoms with E-state index in [2.05, 4.69) is 0 Å². The van der Waals surface area contributed by atoms with Crippen LogP contribution in [0, 0.1) is 17.5 Å². The third kappa shape index (κ3) is 2.43. The molecule has 0 aromatic heterocycles. The fourth-order valence-electron chi connectivity index (χ4n) is 1.92. The Bertz CT molecular complexity index is 609. The molecular formula is C15H13F3O. The zero-order valence-corrected chi connectivity index (χ0v) is 10.6. The SMILES string of the molecule is CCc1ccc(-c2ccc(OC)c(F)c2)c(F)c1F. The van der Waals surface area contributed by atoms with Crippen molar-refractivity contribution in [2.45, 2.75) is 13.3 Å². The second-order valence-corrected chi connectivity index (χ2v) is 4.10. The van der Waals surface area contributed by atoms with Gasteiger partial charge >= 0.3 is 0 Å². The number of hydrogen-bond acceptors (Lipinski definition) is 1. The maximum atomic E-state index is 13.9. The summed E-state index contributed by atoms with van der Waals surface area (Å²) in [7, 11) is 1.34. The quantitative estimate of drug-likeness (QED) is 0.803. The topological polar surface area (TPSA) is 9.23 Å². The van der Waals surface area contributed by atoms with Crippen LogP contribution in [0.5, 0.6) is 5.75 Å². The van der Waals surface area contributed by atoms with Gasteiger partial charge < -0.3 is 4.74 Å². The monoisotopic (exact) mass is 266 g/mol. The van der Waals surface area contributed by atoms with Crippen LogP contribution in [0.2, 0.25) is 0 Å². The first-order valence-corrected chi connectivity index (χ1v) is 5.89. The van der Waals surface area contributed by atoms with Gasteiger partial charge in [-0.2, -0.15) is 0 Å². The summed E-state index contributed by atoms with van der Waals surface area (Å²) in [5, 5.41) is 0. The van der Waals surface area contributed by atoms with E-state index in [1.165, 1.54) is 31.4 Å². The highest BCUT2D eigenvalue weighted by molar-refractivity contribution is 5.65. The molecule has 0 aliphatic carbocycles. The van der Waals surface area contributed by atoms with Crippen molar-refractivity contribution >= 4 is 0 Å². The van der Waals surface area contributed by atoms with Crippen molar-refractivity contribution in [2.24, 2.45) is 0 Å². The molecule has 0 bridgehead atoms. The first kappa shape index (κ1) is 13.5. The number of rotatable bonds is 3. The van der Waals surface area contributed by atoms with Crippen LogP contribution in [-0.4, -0.2) is 7.11 Å². The Morgan fingerprint density at radius 2 is 1.74 bits per heavy atom. The second-order valence-electron chi connectivity index (χ2n) is 4.10. The smallest absolute Gasteiger partial charge is 0.166 e. The number of benzene rings is 2. The molecule has 0 spiro atoms. The lowest BCUT2D eigenvalue weighted by molar-refractivity contribution is 0.386. The van der Waals surface area contributed by atoms with Gasteiger partial charge in [-0.05, 0) is 29.7 Å². The standard InChI is InChI=1S/C15H13F3O/c1-3-9-4-6-11(15(18)14(9)17)10-5-7-13(19-2)12(16)8-10/h4-8H,3H2,1-2H3. The van der Waals surface area contributed by atoms with E-state index >= 15 is 0 Å². The van der Waals surface area contributed by atoms with Crippen LogP contribution in [0.15, 0.2) is 30.3 Å². The van der Waals surface area contributed by atoms with Gasteiger partial charge in [-0.3, -0.25) is 0 Å². The molecule has 0 amide bonds. The minimum atomic E-state index is -0.955. The fourth-order valence-corrected chi connectivity index (χ4v) is 1.92. The van der Waals surface area contributed by atoms with E-state index in [1.54, 1.807) is 6.92 Å². The van der Waals surface area contributed by atoms with Crippen LogP contribution < -0.4 is 4.74 Å². The third-order valence-electron chi connectivity index (χ3n) is 3.01. The number of ether oxygens (including phenoxy) is 1. The van der Waals surface area contributed by atoms with E-state index in [-0.39, 0.29) is 16.9 Å². The molecule has 0 atom stereocenters. The van der Waals surface area contributed by atoms with Gasteiger partial charge in [-0.1, -0.05) is 25.1 Å². The molecule has 0 heterocycles. The fraction of sp³-hybridized carbons (Fsp3) is 0.200. The summed E-state index contributed by atoms with van der Waals surface area (Å²) in [5.74, 6) is -2.38. The molecule has 4 heteroatoms. The number of hydrogen-bond donors (Lipinski definition) is 0. The Labute approximate surface area is 109 Å². The molecule has 0 radical (unpaired) electrons. The molecule has 0 N–H and O–H groups in total. The van der Waals surface area contributed by atoms with Crippen molar-refractivity contribution < 1.29 is 17.9 Å². The molecule has 2 aromatic carbocycles. The maximum Gasteiger partial charge on any atom is 0.166 e. The zero-order valence-electron chi connectivity index (χ0n) is 10.6. The Morgan fingerprint density at radius 1 is 1.00 bits per heavy atom. The molecule has 19 heavy (non-hydrogen) atoms. The Morgan fingerprint density at radius 3 is 2.32 bits per heavy atom. The van der Waals surface area contributed by atoms with Crippen LogP contribution in [-0.2, 0) is 6.42 Å². The normalized spacial score (nSPS) is 10.6. The van der Waals surface area contributed by atoms with E-state index in [9.17, 15) is 13.2 Å². The lowest BCUT2D eigenvalue weighted by Gasteiger charge is -2.09. The Kier molecular flexibility index (Phi) is 3.79. The summed E-state index contributed by atoms with van der Waals surface area (Å²) < 4.78 is 46.0. The summed E-state index contributed by atoms with van der Waals surface area (Å²) in [6.45, 7) is 1.74. The van der Waals surface area contributed by atoms with E-state index < -0.39 is 17.5 Å². The van der Waals surface area contributed by atoms with E-state index in [0.29, 0.717) is 12.0 Å². The van der Waals surface area contributed by atoms with Crippen LogP contribution in [0.3, 0.4) is 0 Å². The van der Waals surface area contributed by atoms with Crippen LogP contribution in [0.4, 0.5) is 13.2 Å². The van der Waals surface area contributed by atoms with Crippen molar-refractivity contribution in [1.82, 2.24) is 0 Å². The van der Waals surface area contributed by atoms with Gasteiger partial charge in [0.15, 0.2) is 23.2 Å². The molecule has 1 nitrogen and oxygen atoms in total. The molecule has 100 valence electrons. The molecule has 0 unspecified atom stereocenters. The molecule has 0 aliphatic rings. The molecular weight excluding hydrogens is 253 g/mol. The Balaban J connectivity index is 2.53.